The zero-order valence-electron chi connectivity index (χ0n) is 14.6. The summed E-state index contributed by atoms with van der Waals surface area (Å²) in [4.78, 5) is 2.49. The Morgan fingerprint density at radius 2 is 2.04 bits per heavy atom. The summed E-state index contributed by atoms with van der Waals surface area (Å²) < 4.78 is 11.5. The van der Waals surface area contributed by atoms with Crippen LogP contribution < -0.4 is 10.1 Å². The molecule has 4 nitrogen and oxygen atoms in total. The normalized spacial score (nSPS) is 22.5. The van der Waals surface area contributed by atoms with Crippen molar-refractivity contribution in [1.29, 1.82) is 0 Å². The molecule has 0 aromatic heterocycles. The zero-order chi connectivity index (χ0) is 15.4. The third kappa shape index (κ3) is 5.24. The summed E-state index contributed by atoms with van der Waals surface area (Å²) in [6.07, 6.45) is 4.60. The van der Waals surface area contributed by atoms with Gasteiger partial charge in [0.15, 0.2) is 0 Å². The predicted molar refractivity (Wildman–Crippen MR) is 103 cm³/mol. The Morgan fingerprint density at radius 1 is 1.29 bits per heavy atom. The highest BCUT2D eigenvalue weighted by molar-refractivity contribution is 5.85. The van der Waals surface area contributed by atoms with Gasteiger partial charge in [-0.05, 0) is 63.5 Å². The van der Waals surface area contributed by atoms with Crippen LogP contribution in [0, 0.1) is 0 Å². The summed E-state index contributed by atoms with van der Waals surface area (Å²) in [5, 5.41) is 3.45. The van der Waals surface area contributed by atoms with E-state index in [2.05, 4.69) is 35.5 Å². The number of halogens is 2. The standard InChI is InChI=1S/C18H28N2O2.2ClH/c1-20(14-15-4-3-5-17(12-15)21-2)16-6-11-22-18(13-16)7-9-19-10-8-18;;/h3-5,12,16,19H,6-11,13-14H2,1-2H3;2*1H. The van der Waals surface area contributed by atoms with E-state index in [1.165, 1.54) is 5.56 Å². The van der Waals surface area contributed by atoms with E-state index in [1.54, 1.807) is 7.11 Å². The molecule has 0 amide bonds. The van der Waals surface area contributed by atoms with Crippen LogP contribution in [0.4, 0.5) is 0 Å². The predicted octanol–water partition coefficient (Wildman–Crippen LogP) is 3.27. The van der Waals surface area contributed by atoms with Crippen LogP contribution in [0.15, 0.2) is 24.3 Å². The van der Waals surface area contributed by atoms with Crippen LogP contribution in [0.3, 0.4) is 0 Å². The van der Waals surface area contributed by atoms with Gasteiger partial charge >= 0.3 is 0 Å². The maximum Gasteiger partial charge on any atom is 0.119 e. The molecule has 2 heterocycles. The monoisotopic (exact) mass is 376 g/mol. The first-order valence-electron chi connectivity index (χ1n) is 8.39. The lowest BCUT2D eigenvalue weighted by molar-refractivity contribution is -0.119. The quantitative estimate of drug-likeness (QED) is 0.873. The Bertz CT molecular complexity index is 490. The van der Waals surface area contributed by atoms with E-state index in [0.717, 1.165) is 57.7 Å². The summed E-state index contributed by atoms with van der Waals surface area (Å²) in [7, 11) is 3.96. The first-order chi connectivity index (χ1) is 10.7. The lowest BCUT2D eigenvalue weighted by atomic mass is 9.82. The van der Waals surface area contributed by atoms with Gasteiger partial charge in [0.1, 0.15) is 5.75 Å². The number of nitrogens with one attached hydrogen (secondary N) is 1. The minimum Gasteiger partial charge on any atom is -0.497 e. The summed E-state index contributed by atoms with van der Waals surface area (Å²) in [5.74, 6) is 0.938. The van der Waals surface area contributed by atoms with E-state index >= 15 is 0 Å². The Kier molecular flexibility index (Phi) is 8.82. The van der Waals surface area contributed by atoms with Gasteiger partial charge in [-0.1, -0.05) is 12.1 Å². The average Bonchev–Trinajstić information content (AvgIpc) is 2.56. The first kappa shape index (κ1) is 21.5. The number of piperidine rings is 1. The number of ether oxygens (including phenoxy) is 2. The van der Waals surface area contributed by atoms with E-state index in [4.69, 9.17) is 9.47 Å². The van der Waals surface area contributed by atoms with Gasteiger partial charge in [-0.25, -0.2) is 0 Å². The number of methoxy groups -OCH3 is 1. The Hall–Kier alpha value is -0.520. The van der Waals surface area contributed by atoms with Crippen molar-refractivity contribution in [3.8, 4) is 5.75 Å². The second-order valence-electron chi connectivity index (χ2n) is 6.69. The molecule has 0 bridgehead atoms. The highest BCUT2D eigenvalue weighted by Crippen LogP contribution is 2.35. The van der Waals surface area contributed by atoms with E-state index < -0.39 is 0 Å². The van der Waals surface area contributed by atoms with Gasteiger partial charge in [0.2, 0.25) is 0 Å². The molecule has 3 rings (SSSR count). The Balaban J connectivity index is 0.00000144. The third-order valence-electron chi connectivity index (χ3n) is 5.17. The Labute approximate surface area is 158 Å². The minimum atomic E-state index is 0. The number of hydrogen-bond acceptors (Lipinski definition) is 4. The molecule has 6 heteroatoms. The van der Waals surface area contributed by atoms with Gasteiger partial charge in [0, 0.05) is 19.2 Å². The van der Waals surface area contributed by atoms with E-state index in [1.807, 2.05) is 6.07 Å². The van der Waals surface area contributed by atoms with Crippen LogP contribution in [-0.2, 0) is 11.3 Å². The van der Waals surface area contributed by atoms with E-state index in [-0.39, 0.29) is 30.4 Å². The molecule has 1 unspecified atom stereocenters. The second kappa shape index (κ2) is 9.83. The highest BCUT2D eigenvalue weighted by atomic mass is 35.5. The third-order valence-corrected chi connectivity index (χ3v) is 5.17. The van der Waals surface area contributed by atoms with Gasteiger partial charge in [-0.15, -0.1) is 24.8 Å². The Morgan fingerprint density at radius 3 is 2.75 bits per heavy atom. The number of hydrogen-bond donors (Lipinski definition) is 1. The molecule has 2 fully saturated rings. The van der Waals surface area contributed by atoms with Gasteiger partial charge in [-0.3, -0.25) is 4.90 Å². The summed E-state index contributed by atoms with van der Waals surface area (Å²) in [6, 6.07) is 9.00. The van der Waals surface area contributed by atoms with Gasteiger partial charge in [-0.2, -0.15) is 0 Å². The molecule has 2 aliphatic rings. The smallest absolute Gasteiger partial charge is 0.119 e. The molecule has 0 saturated carbocycles. The molecule has 1 atom stereocenters. The molecular weight excluding hydrogens is 347 g/mol. The molecule has 1 N–H and O–H groups in total. The SMILES string of the molecule is COc1cccc(CN(C)C2CCOC3(CCNCC3)C2)c1.Cl.Cl. The summed E-state index contributed by atoms with van der Waals surface area (Å²) >= 11 is 0. The van der Waals surface area contributed by atoms with Gasteiger partial charge in [0.25, 0.3) is 0 Å². The van der Waals surface area contributed by atoms with Crippen LogP contribution in [-0.4, -0.2) is 50.4 Å². The van der Waals surface area contributed by atoms with Crippen molar-refractivity contribution in [2.24, 2.45) is 0 Å². The van der Waals surface area contributed by atoms with Gasteiger partial charge in [0.05, 0.1) is 12.7 Å². The largest absolute Gasteiger partial charge is 0.497 e. The fourth-order valence-electron chi connectivity index (χ4n) is 3.80. The van der Waals surface area contributed by atoms with Crippen LogP contribution in [0.5, 0.6) is 5.75 Å². The van der Waals surface area contributed by atoms with Crippen molar-refractivity contribution in [2.75, 3.05) is 33.9 Å². The molecule has 0 aliphatic carbocycles. The molecular formula is C18H30Cl2N2O2. The van der Waals surface area contributed by atoms with E-state index in [9.17, 15) is 0 Å². The van der Waals surface area contributed by atoms with Crippen molar-refractivity contribution < 1.29 is 9.47 Å². The summed E-state index contributed by atoms with van der Waals surface area (Å²) in [6.45, 7) is 4.04. The van der Waals surface area contributed by atoms with Crippen molar-refractivity contribution in [2.45, 2.75) is 43.9 Å². The maximum absolute atomic E-state index is 6.19. The van der Waals surface area contributed by atoms with Crippen LogP contribution in [0.2, 0.25) is 0 Å². The van der Waals surface area contributed by atoms with Crippen molar-refractivity contribution in [3.05, 3.63) is 29.8 Å². The number of rotatable bonds is 4. The lowest BCUT2D eigenvalue weighted by Gasteiger charge is -2.46. The van der Waals surface area contributed by atoms with Crippen molar-refractivity contribution in [3.63, 3.8) is 0 Å². The maximum atomic E-state index is 6.19. The lowest BCUT2D eigenvalue weighted by Crippen LogP contribution is -2.52. The van der Waals surface area contributed by atoms with Crippen LogP contribution in [0.25, 0.3) is 0 Å². The molecule has 138 valence electrons. The molecule has 2 saturated heterocycles. The van der Waals surface area contributed by atoms with Crippen LogP contribution in [0.1, 0.15) is 31.2 Å². The fraction of sp³-hybridized carbons (Fsp3) is 0.667. The van der Waals surface area contributed by atoms with Crippen molar-refractivity contribution >= 4 is 24.8 Å². The number of nitrogens with zero attached hydrogens (tertiary/aromatic N) is 1. The molecule has 0 radical (unpaired) electrons. The topological polar surface area (TPSA) is 33.7 Å². The zero-order valence-corrected chi connectivity index (χ0v) is 16.3. The average molecular weight is 377 g/mol. The second-order valence-corrected chi connectivity index (χ2v) is 6.69. The first-order valence-corrected chi connectivity index (χ1v) is 8.39. The summed E-state index contributed by atoms with van der Waals surface area (Å²) in [5.41, 5.74) is 1.43. The van der Waals surface area contributed by atoms with Crippen LogP contribution >= 0.6 is 24.8 Å². The van der Waals surface area contributed by atoms with Gasteiger partial charge < -0.3 is 14.8 Å². The molecule has 2 aliphatic heterocycles. The molecule has 24 heavy (non-hydrogen) atoms. The number of benzene rings is 1. The molecule has 1 aromatic carbocycles. The molecule has 1 aromatic rings. The fourth-order valence-corrected chi connectivity index (χ4v) is 3.80. The molecule has 1 spiro atoms. The van der Waals surface area contributed by atoms with Crippen molar-refractivity contribution in [1.82, 2.24) is 10.2 Å². The van der Waals surface area contributed by atoms with E-state index in [0.29, 0.717) is 6.04 Å². The highest BCUT2D eigenvalue weighted by Gasteiger charge is 2.39. The minimum absolute atomic E-state index is 0.